The average molecular weight is 246 g/mol. The molecule has 1 unspecified atom stereocenters. The van der Waals surface area contributed by atoms with E-state index >= 15 is 0 Å². The molecule has 0 heterocycles. The van der Waals surface area contributed by atoms with Gasteiger partial charge in [-0.2, -0.15) is 0 Å². The molecule has 1 N–H and O–H groups in total. The standard InChI is InChI=1S/C16H22O2/c1-4-6-8-12(3)11-13-9-7-10-15(16(17)18)14(13)5-2/h5,7,9-10,12H,2,4,6,8,11H2,1,3H3,(H,17,18). The molecule has 0 aliphatic carbocycles. The summed E-state index contributed by atoms with van der Waals surface area (Å²) in [6.07, 6.45) is 6.19. The summed E-state index contributed by atoms with van der Waals surface area (Å²) in [5.74, 6) is -0.305. The number of carboxylic acid groups (broad SMARTS) is 1. The van der Waals surface area contributed by atoms with Gasteiger partial charge >= 0.3 is 5.97 Å². The van der Waals surface area contributed by atoms with E-state index in [2.05, 4.69) is 20.4 Å². The molecule has 0 amide bonds. The molecule has 0 spiro atoms. The van der Waals surface area contributed by atoms with Gasteiger partial charge in [0.25, 0.3) is 0 Å². The molecule has 0 aliphatic rings. The highest BCUT2D eigenvalue weighted by molar-refractivity contribution is 5.92. The molecule has 1 rings (SSSR count). The second-order valence-electron chi connectivity index (χ2n) is 4.84. The molecule has 0 saturated carbocycles. The van der Waals surface area contributed by atoms with Crippen LogP contribution < -0.4 is 0 Å². The lowest BCUT2D eigenvalue weighted by Gasteiger charge is -2.14. The van der Waals surface area contributed by atoms with E-state index in [0.717, 1.165) is 17.5 Å². The lowest BCUT2D eigenvalue weighted by Crippen LogP contribution is -2.06. The Morgan fingerprint density at radius 3 is 2.78 bits per heavy atom. The van der Waals surface area contributed by atoms with Crippen molar-refractivity contribution in [2.24, 2.45) is 5.92 Å². The van der Waals surface area contributed by atoms with Crippen molar-refractivity contribution in [3.63, 3.8) is 0 Å². The number of carboxylic acids is 1. The van der Waals surface area contributed by atoms with Gasteiger partial charge in [0, 0.05) is 0 Å². The largest absolute Gasteiger partial charge is 0.478 e. The molecule has 98 valence electrons. The minimum atomic E-state index is -0.882. The van der Waals surface area contributed by atoms with Gasteiger partial charge in [-0.05, 0) is 29.5 Å². The summed E-state index contributed by atoms with van der Waals surface area (Å²) in [7, 11) is 0. The Labute approximate surface area is 109 Å². The van der Waals surface area contributed by atoms with Gasteiger partial charge in [-0.25, -0.2) is 4.79 Å². The highest BCUT2D eigenvalue weighted by Crippen LogP contribution is 2.22. The first-order chi connectivity index (χ1) is 8.60. The summed E-state index contributed by atoms with van der Waals surface area (Å²) in [5.41, 5.74) is 2.21. The van der Waals surface area contributed by atoms with Crippen LogP contribution in [-0.4, -0.2) is 11.1 Å². The van der Waals surface area contributed by atoms with E-state index < -0.39 is 5.97 Å². The minimum absolute atomic E-state index is 0.352. The number of unbranched alkanes of at least 4 members (excludes halogenated alkanes) is 1. The molecule has 0 bridgehead atoms. The van der Waals surface area contributed by atoms with Crippen LogP contribution in [0, 0.1) is 5.92 Å². The third kappa shape index (κ3) is 3.73. The zero-order valence-corrected chi connectivity index (χ0v) is 11.3. The maximum atomic E-state index is 11.1. The fourth-order valence-corrected chi connectivity index (χ4v) is 2.25. The second-order valence-corrected chi connectivity index (χ2v) is 4.84. The van der Waals surface area contributed by atoms with Crippen molar-refractivity contribution >= 4 is 12.0 Å². The summed E-state index contributed by atoms with van der Waals surface area (Å²) in [4.78, 5) is 11.1. The van der Waals surface area contributed by atoms with Crippen molar-refractivity contribution in [1.82, 2.24) is 0 Å². The molecule has 18 heavy (non-hydrogen) atoms. The lowest BCUT2D eigenvalue weighted by molar-refractivity contribution is 0.0696. The third-order valence-corrected chi connectivity index (χ3v) is 3.25. The maximum Gasteiger partial charge on any atom is 0.336 e. The van der Waals surface area contributed by atoms with E-state index in [1.807, 2.05) is 12.1 Å². The summed E-state index contributed by atoms with van der Waals surface area (Å²) < 4.78 is 0. The first-order valence-electron chi connectivity index (χ1n) is 6.57. The van der Waals surface area contributed by atoms with E-state index in [1.165, 1.54) is 19.3 Å². The second kappa shape index (κ2) is 7.00. The van der Waals surface area contributed by atoms with Crippen LogP contribution in [0.5, 0.6) is 0 Å². The van der Waals surface area contributed by atoms with Gasteiger partial charge < -0.3 is 5.11 Å². The predicted octanol–water partition coefficient (Wildman–Crippen LogP) is 4.40. The number of carbonyl (C=O) groups is 1. The molecule has 0 aliphatic heterocycles. The minimum Gasteiger partial charge on any atom is -0.478 e. The van der Waals surface area contributed by atoms with Crippen molar-refractivity contribution in [2.45, 2.75) is 39.5 Å². The van der Waals surface area contributed by atoms with Gasteiger partial charge in [0.05, 0.1) is 5.56 Å². The molecule has 1 aromatic rings. The highest BCUT2D eigenvalue weighted by atomic mass is 16.4. The van der Waals surface area contributed by atoms with Gasteiger partial charge in [-0.1, -0.05) is 57.9 Å². The fraction of sp³-hybridized carbons (Fsp3) is 0.438. The Bertz CT molecular complexity index is 421. The van der Waals surface area contributed by atoms with Crippen molar-refractivity contribution in [3.8, 4) is 0 Å². The molecule has 0 saturated heterocycles. The van der Waals surface area contributed by atoms with Gasteiger partial charge in [0.15, 0.2) is 0 Å². The molecule has 0 fully saturated rings. The lowest BCUT2D eigenvalue weighted by atomic mass is 9.91. The van der Waals surface area contributed by atoms with Gasteiger partial charge in [-0.15, -0.1) is 0 Å². The van der Waals surface area contributed by atoms with Crippen LogP contribution in [0.4, 0.5) is 0 Å². The SMILES string of the molecule is C=Cc1c(CC(C)CCCC)cccc1C(=O)O. The number of hydrogen-bond donors (Lipinski definition) is 1. The molecule has 0 aromatic heterocycles. The number of benzene rings is 1. The Kier molecular flexibility index (Phi) is 5.63. The monoisotopic (exact) mass is 246 g/mol. The van der Waals surface area contributed by atoms with Crippen molar-refractivity contribution in [1.29, 1.82) is 0 Å². The topological polar surface area (TPSA) is 37.3 Å². The van der Waals surface area contributed by atoms with E-state index in [-0.39, 0.29) is 0 Å². The molecule has 1 aromatic carbocycles. The molecule has 1 atom stereocenters. The summed E-state index contributed by atoms with van der Waals surface area (Å²) in [6.45, 7) is 8.15. The molecule has 0 radical (unpaired) electrons. The number of aromatic carboxylic acids is 1. The van der Waals surface area contributed by atoms with Crippen LogP contribution in [0.15, 0.2) is 24.8 Å². The summed E-state index contributed by atoms with van der Waals surface area (Å²) >= 11 is 0. The van der Waals surface area contributed by atoms with Crippen LogP contribution >= 0.6 is 0 Å². The van der Waals surface area contributed by atoms with Crippen molar-refractivity contribution in [3.05, 3.63) is 41.5 Å². The van der Waals surface area contributed by atoms with E-state index in [4.69, 9.17) is 5.11 Å². The summed E-state index contributed by atoms with van der Waals surface area (Å²) in [6, 6.07) is 5.46. The van der Waals surface area contributed by atoms with E-state index in [1.54, 1.807) is 12.1 Å². The molecule has 2 nitrogen and oxygen atoms in total. The number of rotatable bonds is 7. The van der Waals surface area contributed by atoms with Gasteiger partial charge in [0.1, 0.15) is 0 Å². The van der Waals surface area contributed by atoms with E-state index in [9.17, 15) is 4.79 Å². The Morgan fingerprint density at radius 2 is 2.22 bits per heavy atom. The van der Waals surface area contributed by atoms with Gasteiger partial charge in [-0.3, -0.25) is 0 Å². The summed E-state index contributed by atoms with van der Waals surface area (Å²) in [5, 5.41) is 9.15. The zero-order chi connectivity index (χ0) is 13.5. The van der Waals surface area contributed by atoms with Crippen LogP contribution in [0.2, 0.25) is 0 Å². The van der Waals surface area contributed by atoms with Gasteiger partial charge in [0.2, 0.25) is 0 Å². The van der Waals surface area contributed by atoms with E-state index in [0.29, 0.717) is 11.5 Å². The first kappa shape index (κ1) is 14.5. The smallest absolute Gasteiger partial charge is 0.336 e. The Morgan fingerprint density at radius 1 is 1.50 bits per heavy atom. The quantitative estimate of drug-likeness (QED) is 0.774. The third-order valence-electron chi connectivity index (χ3n) is 3.25. The van der Waals surface area contributed by atoms with Crippen LogP contribution in [0.1, 0.15) is 54.6 Å². The molecular weight excluding hydrogens is 224 g/mol. The van der Waals surface area contributed by atoms with Crippen LogP contribution in [0.3, 0.4) is 0 Å². The Balaban J connectivity index is 2.91. The van der Waals surface area contributed by atoms with Crippen LogP contribution in [-0.2, 0) is 6.42 Å². The maximum absolute atomic E-state index is 11.1. The van der Waals surface area contributed by atoms with Crippen LogP contribution in [0.25, 0.3) is 6.08 Å². The first-order valence-corrected chi connectivity index (χ1v) is 6.57. The average Bonchev–Trinajstić information content (AvgIpc) is 2.35. The molecule has 2 heteroatoms. The zero-order valence-electron chi connectivity index (χ0n) is 11.3. The highest BCUT2D eigenvalue weighted by Gasteiger charge is 2.13. The number of hydrogen-bond acceptors (Lipinski definition) is 1. The normalized spacial score (nSPS) is 12.1. The predicted molar refractivity (Wildman–Crippen MR) is 75.9 cm³/mol. The van der Waals surface area contributed by atoms with Crippen molar-refractivity contribution < 1.29 is 9.90 Å². The Hall–Kier alpha value is -1.57. The fourth-order valence-electron chi connectivity index (χ4n) is 2.25. The molecular formula is C16H22O2. The van der Waals surface area contributed by atoms with Crippen molar-refractivity contribution in [2.75, 3.05) is 0 Å².